The molecule has 0 spiro atoms. The molecule has 0 radical (unpaired) electrons. The number of rotatable bonds is 2. The van der Waals surface area contributed by atoms with Gasteiger partial charge in [0, 0.05) is 38.8 Å². The average Bonchev–Trinajstić information content (AvgIpc) is 2.05. The Bertz CT molecular complexity index is 164. The summed E-state index contributed by atoms with van der Waals surface area (Å²) in [5.41, 5.74) is 5.67. The van der Waals surface area contributed by atoms with Crippen molar-refractivity contribution in [3.63, 3.8) is 0 Å². The SMILES string of the molecule is CC(N)CN1CCN(C#N)CC1. The summed E-state index contributed by atoms with van der Waals surface area (Å²) in [7, 11) is 0. The van der Waals surface area contributed by atoms with E-state index in [1.807, 2.05) is 6.92 Å². The lowest BCUT2D eigenvalue weighted by molar-refractivity contribution is 0.168. The zero-order chi connectivity index (χ0) is 8.97. The van der Waals surface area contributed by atoms with Crippen molar-refractivity contribution in [2.45, 2.75) is 13.0 Å². The first kappa shape index (κ1) is 9.30. The van der Waals surface area contributed by atoms with Crippen LogP contribution in [0, 0.1) is 11.5 Å². The van der Waals surface area contributed by atoms with Crippen molar-refractivity contribution in [2.24, 2.45) is 5.73 Å². The molecule has 0 aromatic carbocycles. The van der Waals surface area contributed by atoms with Crippen LogP contribution >= 0.6 is 0 Å². The highest BCUT2D eigenvalue weighted by molar-refractivity contribution is 4.81. The van der Waals surface area contributed by atoms with E-state index in [0.29, 0.717) is 0 Å². The Morgan fingerprint density at radius 1 is 1.42 bits per heavy atom. The molecule has 0 amide bonds. The first-order valence-electron chi connectivity index (χ1n) is 4.35. The zero-order valence-corrected chi connectivity index (χ0v) is 7.53. The Morgan fingerprint density at radius 3 is 2.42 bits per heavy atom. The molecule has 1 unspecified atom stereocenters. The highest BCUT2D eigenvalue weighted by Gasteiger charge is 2.15. The third-order valence-corrected chi connectivity index (χ3v) is 2.06. The van der Waals surface area contributed by atoms with Gasteiger partial charge in [-0.15, -0.1) is 0 Å². The Morgan fingerprint density at radius 2 is 2.00 bits per heavy atom. The van der Waals surface area contributed by atoms with E-state index in [0.717, 1.165) is 32.7 Å². The van der Waals surface area contributed by atoms with Crippen LogP contribution in [0.4, 0.5) is 0 Å². The molecule has 0 aromatic heterocycles. The normalized spacial score (nSPS) is 21.9. The second kappa shape index (κ2) is 4.29. The Labute approximate surface area is 73.5 Å². The largest absolute Gasteiger partial charge is 0.327 e. The lowest BCUT2D eigenvalue weighted by Gasteiger charge is -2.32. The summed E-state index contributed by atoms with van der Waals surface area (Å²) in [5.74, 6) is 0. The summed E-state index contributed by atoms with van der Waals surface area (Å²) < 4.78 is 0. The fourth-order valence-electron chi connectivity index (χ4n) is 1.44. The van der Waals surface area contributed by atoms with Crippen LogP contribution in [0.5, 0.6) is 0 Å². The molecule has 1 heterocycles. The molecule has 0 aliphatic carbocycles. The molecule has 12 heavy (non-hydrogen) atoms. The van der Waals surface area contributed by atoms with E-state index in [-0.39, 0.29) is 6.04 Å². The van der Waals surface area contributed by atoms with Crippen molar-refractivity contribution in [1.82, 2.24) is 9.80 Å². The van der Waals surface area contributed by atoms with Gasteiger partial charge in [0.1, 0.15) is 0 Å². The number of hydrogen-bond acceptors (Lipinski definition) is 4. The third-order valence-electron chi connectivity index (χ3n) is 2.06. The number of nitrogens with two attached hydrogens (primary N) is 1. The van der Waals surface area contributed by atoms with E-state index < -0.39 is 0 Å². The van der Waals surface area contributed by atoms with Gasteiger partial charge in [-0.3, -0.25) is 4.90 Å². The quantitative estimate of drug-likeness (QED) is 0.561. The molecule has 4 heteroatoms. The van der Waals surface area contributed by atoms with Gasteiger partial charge in [-0.1, -0.05) is 0 Å². The van der Waals surface area contributed by atoms with Gasteiger partial charge in [0.25, 0.3) is 0 Å². The van der Waals surface area contributed by atoms with Crippen LogP contribution in [-0.4, -0.2) is 48.6 Å². The summed E-state index contributed by atoms with van der Waals surface area (Å²) >= 11 is 0. The lowest BCUT2D eigenvalue weighted by Crippen LogP contribution is -2.47. The first-order valence-corrected chi connectivity index (χ1v) is 4.35. The van der Waals surface area contributed by atoms with Crippen molar-refractivity contribution in [2.75, 3.05) is 32.7 Å². The molecule has 1 rings (SSSR count). The number of hydrogen-bond donors (Lipinski definition) is 1. The lowest BCUT2D eigenvalue weighted by atomic mass is 10.3. The van der Waals surface area contributed by atoms with E-state index in [9.17, 15) is 0 Å². The number of piperazine rings is 1. The van der Waals surface area contributed by atoms with Gasteiger partial charge in [0.2, 0.25) is 0 Å². The van der Waals surface area contributed by atoms with E-state index in [4.69, 9.17) is 11.0 Å². The molecule has 1 atom stereocenters. The minimum atomic E-state index is 0.235. The number of nitrogens with zero attached hydrogens (tertiary/aromatic N) is 3. The smallest absolute Gasteiger partial charge is 0.179 e. The molecule has 1 aliphatic rings. The molecule has 1 saturated heterocycles. The standard InChI is InChI=1S/C8H16N4/c1-8(10)6-11-2-4-12(7-9)5-3-11/h8H,2-6,10H2,1H3. The fourth-order valence-corrected chi connectivity index (χ4v) is 1.44. The second-order valence-corrected chi connectivity index (χ2v) is 3.36. The van der Waals surface area contributed by atoms with Crippen LogP contribution in [0.2, 0.25) is 0 Å². The van der Waals surface area contributed by atoms with Gasteiger partial charge in [0.15, 0.2) is 6.19 Å². The van der Waals surface area contributed by atoms with Crippen molar-refractivity contribution < 1.29 is 0 Å². The Hall–Kier alpha value is -0.790. The van der Waals surface area contributed by atoms with Gasteiger partial charge >= 0.3 is 0 Å². The summed E-state index contributed by atoms with van der Waals surface area (Å²) in [6.07, 6.45) is 2.15. The van der Waals surface area contributed by atoms with E-state index in [1.165, 1.54) is 0 Å². The topological polar surface area (TPSA) is 56.3 Å². The van der Waals surface area contributed by atoms with Crippen LogP contribution in [0.1, 0.15) is 6.92 Å². The minimum Gasteiger partial charge on any atom is -0.327 e. The fraction of sp³-hybridized carbons (Fsp3) is 0.875. The minimum absolute atomic E-state index is 0.235. The predicted molar refractivity (Wildman–Crippen MR) is 47.3 cm³/mol. The van der Waals surface area contributed by atoms with Crippen LogP contribution in [-0.2, 0) is 0 Å². The Balaban J connectivity index is 2.23. The molecular formula is C8H16N4. The van der Waals surface area contributed by atoms with Crippen LogP contribution < -0.4 is 5.73 Å². The molecule has 0 bridgehead atoms. The Kier molecular flexibility index (Phi) is 3.32. The van der Waals surface area contributed by atoms with Crippen LogP contribution in [0.3, 0.4) is 0 Å². The van der Waals surface area contributed by atoms with Gasteiger partial charge in [-0.05, 0) is 6.92 Å². The van der Waals surface area contributed by atoms with Crippen molar-refractivity contribution in [3.05, 3.63) is 0 Å². The maximum absolute atomic E-state index is 8.59. The van der Waals surface area contributed by atoms with E-state index >= 15 is 0 Å². The molecule has 1 fully saturated rings. The summed E-state index contributed by atoms with van der Waals surface area (Å²) in [6.45, 7) is 6.59. The average molecular weight is 168 g/mol. The van der Waals surface area contributed by atoms with Crippen LogP contribution in [0.25, 0.3) is 0 Å². The molecule has 2 N–H and O–H groups in total. The molecule has 0 aromatic rings. The maximum atomic E-state index is 8.59. The molecule has 0 saturated carbocycles. The summed E-state index contributed by atoms with van der Waals surface area (Å²) in [4.78, 5) is 4.09. The molecule has 4 nitrogen and oxygen atoms in total. The maximum Gasteiger partial charge on any atom is 0.179 e. The predicted octanol–water partition coefficient (Wildman–Crippen LogP) is -0.568. The van der Waals surface area contributed by atoms with Gasteiger partial charge in [-0.25, -0.2) is 0 Å². The first-order chi connectivity index (χ1) is 5.72. The van der Waals surface area contributed by atoms with Crippen molar-refractivity contribution >= 4 is 0 Å². The molecular weight excluding hydrogens is 152 g/mol. The zero-order valence-electron chi connectivity index (χ0n) is 7.53. The van der Waals surface area contributed by atoms with Gasteiger partial charge in [-0.2, -0.15) is 5.26 Å². The van der Waals surface area contributed by atoms with E-state index in [2.05, 4.69) is 11.1 Å². The molecule has 1 aliphatic heterocycles. The summed E-state index contributed by atoms with van der Waals surface area (Å²) in [6, 6.07) is 0.235. The second-order valence-electron chi connectivity index (χ2n) is 3.36. The summed E-state index contributed by atoms with van der Waals surface area (Å²) in [5, 5.41) is 8.59. The third kappa shape index (κ3) is 2.68. The highest BCUT2D eigenvalue weighted by Crippen LogP contribution is 2.00. The van der Waals surface area contributed by atoms with Crippen LogP contribution in [0.15, 0.2) is 0 Å². The van der Waals surface area contributed by atoms with Crippen molar-refractivity contribution in [1.29, 1.82) is 5.26 Å². The van der Waals surface area contributed by atoms with Gasteiger partial charge < -0.3 is 10.6 Å². The monoisotopic (exact) mass is 168 g/mol. The highest BCUT2D eigenvalue weighted by atomic mass is 15.3. The van der Waals surface area contributed by atoms with Gasteiger partial charge in [0.05, 0.1) is 0 Å². The van der Waals surface area contributed by atoms with Crippen molar-refractivity contribution in [3.8, 4) is 6.19 Å². The number of nitriles is 1. The van der Waals surface area contributed by atoms with E-state index in [1.54, 1.807) is 4.90 Å². The molecule has 68 valence electrons.